The van der Waals surface area contributed by atoms with Gasteiger partial charge >= 0.3 is 6.09 Å². The molecule has 1 N–H and O–H groups in total. The van der Waals surface area contributed by atoms with Gasteiger partial charge in [-0.3, -0.25) is 0 Å². The summed E-state index contributed by atoms with van der Waals surface area (Å²) in [4.78, 5) is 16.1. The predicted octanol–water partition coefficient (Wildman–Crippen LogP) is 3.23. The minimum absolute atomic E-state index is 0.206. The van der Waals surface area contributed by atoms with Crippen molar-refractivity contribution in [3.8, 4) is 5.75 Å². The van der Waals surface area contributed by atoms with Gasteiger partial charge in [-0.2, -0.15) is 0 Å². The maximum atomic E-state index is 12.1. The van der Waals surface area contributed by atoms with E-state index >= 15 is 0 Å². The highest BCUT2D eigenvalue weighted by Gasteiger charge is 2.28. The summed E-state index contributed by atoms with van der Waals surface area (Å²) in [7, 11) is 1.81. The Kier molecular flexibility index (Phi) is 4.41. The molecule has 0 aliphatic carbocycles. The molecule has 0 bridgehead atoms. The van der Waals surface area contributed by atoms with Crippen LogP contribution in [0.15, 0.2) is 24.3 Å². The van der Waals surface area contributed by atoms with Crippen molar-refractivity contribution in [2.24, 2.45) is 0 Å². The third kappa shape index (κ3) is 4.29. The lowest BCUT2D eigenvalue weighted by molar-refractivity contribution is 0.0201. The molecule has 1 fully saturated rings. The van der Waals surface area contributed by atoms with Gasteiger partial charge in [0.15, 0.2) is 0 Å². The number of carbonyl (C=O) groups excluding carboxylic acids is 1. The Morgan fingerprint density at radius 2 is 1.91 bits per heavy atom. The van der Waals surface area contributed by atoms with Crippen LogP contribution in [0.5, 0.6) is 5.75 Å². The fraction of sp³-hybridized carbons (Fsp3) is 0.588. The lowest BCUT2D eigenvalue weighted by Crippen LogP contribution is -2.47. The molecular weight excluding hydrogens is 280 g/mol. The number of phenolic OH excluding ortho intramolecular Hbond substituents is 1. The Morgan fingerprint density at radius 3 is 2.41 bits per heavy atom. The first-order chi connectivity index (χ1) is 10.8. The van der Waals surface area contributed by atoms with E-state index in [0.29, 0.717) is 5.75 Å². The zero-order chi connectivity index (χ0) is 17.0. The summed E-state index contributed by atoms with van der Waals surface area (Å²) < 4.78 is 12.3. The largest absolute Gasteiger partial charge is 0.508 e. The van der Waals surface area contributed by atoms with Gasteiger partial charge in [0.2, 0.25) is 0 Å². The molecule has 1 amide bonds. The topological polar surface area (TPSA) is 53.0 Å². The van der Waals surface area contributed by atoms with Crippen LogP contribution in [0.1, 0.15) is 33.6 Å². The molecule has 5 heteroatoms. The number of benzene rings is 1. The van der Waals surface area contributed by atoms with E-state index in [-0.39, 0.29) is 12.1 Å². The molecule has 1 aliphatic heterocycles. The molecule has 2 rings (SSSR count). The number of piperidine rings is 1. The van der Waals surface area contributed by atoms with E-state index in [2.05, 4.69) is 10.0 Å². The number of rotatable bonds is 3. The molecule has 1 aromatic rings. The van der Waals surface area contributed by atoms with E-state index < -0.39 is 5.60 Å². The van der Waals surface area contributed by atoms with Crippen LogP contribution in [0.3, 0.4) is 0 Å². The Morgan fingerprint density at radius 1 is 1.32 bits per heavy atom. The number of hydrogen-bond donors (Lipinski definition) is 1. The molecule has 1 aromatic carbocycles. The third-order valence-corrected chi connectivity index (χ3v) is 3.90. The van der Waals surface area contributed by atoms with Gasteiger partial charge in [0.05, 0.1) is 0 Å². The number of aromatic hydroxyl groups is 1. The highest BCUT2D eigenvalue weighted by molar-refractivity contribution is 5.68. The van der Waals surface area contributed by atoms with Crippen molar-refractivity contribution in [2.75, 3.05) is 25.0 Å². The maximum absolute atomic E-state index is 12.1. The third-order valence-electron chi connectivity index (χ3n) is 3.90. The van der Waals surface area contributed by atoms with Crippen LogP contribution in [-0.4, -0.2) is 49.3 Å². The first-order valence-electron chi connectivity index (χ1n) is 8.15. The number of phenols is 1. The molecule has 0 aromatic heterocycles. The molecular formula is C17H26N2O3. The molecule has 0 radical (unpaired) electrons. The fourth-order valence-corrected chi connectivity index (χ4v) is 2.65. The van der Waals surface area contributed by atoms with E-state index in [1.807, 2.05) is 40.0 Å². The van der Waals surface area contributed by atoms with Gasteiger partial charge in [-0.15, -0.1) is 0 Å². The Hall–Kier alpha value is -1.91. The SMILES string of the molecule is [3H]Oc1ccc(N2CCC(N(C)C(=O)OC(C)(C)C)CC2)cc1. The molecule has 0 atom stereocenters. The first kappa shape index (κ1) is 15.0. The maximum Gasteiger partial charge on any atom is 0.410 e. The van der Waals surface area contributed by atoms with Crippen LogP contribution >= 0.6 is 0 Å². The zero-order valence-electron chi connectivity index (χ0n) is 14.8. The van der Waals surface area contributed by atoms with Gasteiger partial charge < -0.3 is 19.6 Å². The first-order valence-corrected chi connectivity index (χ1v) is 7.74. The van der Waals surface area contributed by atoms with Crippen LogP contribution < -0.4 is 4.90 Å². The van der Waals surface area contributed by atoms with Gasteiger partial charge in [0.25, 0.3) is 1.43 Å². The van der Waals surface area contributed by atoms with Gasteiger partial charge in [0.1, 0.15) is 11.4 Å². The van der Waals surface area contributed by atoms with Crippen molar-refractivity contribution in [1.82, 2.24) is 4.90 Å². The average molecular weight is 308 g/mol. The molecule has 1 heterocycles. The van der Waals surface area contributed by atoms with Crippen LogP contribution in [0, 0.1) is 0 Å². The van der Waals surface area contributed by atoms with Gasteiger partial charge in [0, 0.05) is 31.9 Å². The minimum atomic E-state index is -0.465. The molecule has 1 aliphatic rings. The van der Waals surface area contributed by atoms with Crippen molar-refractivity contribution in [3.63, 3.8) is 0 Å². The standard InChI is InChI=1S/C17H26N2O3/c1-17(2,3)22-16(21)18(4)13-9-11-19(12-10-13)14-5-7-15(20)8-6-14/h5-8,13,20H,9-12H2,1-4H3/i/hT. The molecule has 22 heavy (non-hydrogen) atoms. The van der Waals surface area contributed by atoms with E-state index in [9.17, 15) is 4.79 Å². The summed E-state index contributed by atoms with van der Waals surface area (Å²) in [6, 6.07) is 7.71. The van der Waals surface area contributed by atoms with Crippen molar-refractivity contribution < 1.29 is 14.6 Å². The number of hydrogen-bond acceptors (Lipinski definition) is 4. The van der Waals surface area contributed by atoms with Crippen molar-refractivity contribution >= 4 is 11.8 Å². The minimum Gasteiger partial charge on any atom is -0.508 e. The fourth-order valence-electron chi connectivity index (χ4n) is 2.65. The highest BCUT2D eigenvalue weighted by atomic mass is 16.6. The quantitative estimate of drug-likeness (QED) is 0.931. The van der Waals surface area contributed by atoms with Gasteiger partial charge in [-0.1, -0.05) is 0 Å². The number of anilines is 1. The van der Waals surface area contributed by atoms with Crippen LogP contribution in [0.2, 0.25) is 0 Å². The second kappa shape index (κ2) is 6.46. The van der Waals surface area contributed by atoms with Gasteiger partial charge in [-0.25, -0.2) is 4.79 Å². The highest BCUT2D eigenvalue weighted by Crippen LogP contribution is 2.24. The number of amides is 1. The van der Waals surface area contributed by atoms with Gasteiger partial charge in [-0.05, 0) is 57.9 Å². The second-order valence-electron chi connectivity index (χ2n) is 6.80. The molecule has 0 unspecified atom stereocenters. The second-order valence-corrected chi connectivity index (χ2v) is 6.80. The Labute approximate surface area is 134 Å². The lowest BCUT2D eigenvalue weighted by atomic mass is 10.0. The normalized spacial score (nSPS) is 16.9. The van der Waals surface area contributed by atoms with Crippen LogP contribution in [0.25, 0.3) is 0 Å². The zero-order valence-corrected chi connectivity index (χ0v) is 13.8. The summed E-state index contributed by atoms with van der Waals surface area (Å²) in [5, 5.41) is 4.44. The van der Waals surface area contributed by atoms with E-state index in [1.54, 1.807) is 17.0 Å². The number of ether oxygens (including phenoxy) is 1. The Balaban J connectivity index is 1.88. The summed E-state index contributed by atoms with van der Waals surface area (Å²) in [5.41, 5.74) is 0.650. The molecule has 122 valence electrons. The average Bonchev–Trinajstić information content (AvgIpc) is 2.53. The van der Waals surface area contributed by atoms with E-state index in [4.69, 9.17) is 6.17 Å². The van der Waals surface area contributed by atoms with E-state index in [1.165, 1.54) is 0 Å². The van der Waals surface area contributed by atoms with Crippen molar-refractivity contribution in [1.29, 1.82) is 1.43 Å². The van der Waals surface area contributed by atoms with Crippen LogP contribution in [-0.2, 0) is 4.74 Å². The van der Waals surface area contributed by atoms with E-state index in [0.717, 1.165) is 31.6 Å². The molecule has 0 spiro atoms. The number of nitrogens with zero attached hydrogens (tertiary/aromatic N) is 2. The molecule has 5 nitrogen and oxygen atoms in total. The monoisotopic (exact) mass is 308 g/mol. The van der Waals surface area contributed by atoms with Crippen molar-refractivity contribution in [2.45, 2.75) is 45.3 Å². The Bertz CT molecular complexity index is 520. The molecule has 0 saturated carbocycles. The smallest absolute Gasteiger partial charge is 0.410 e. The molecule has 1 saturated heterocycles. The predicted molar refractivity (Wildman–Crippen MR) is 87.3 cm³/mol. The number of carbonyl (C=O) groups is 1. The summed E-state index contributed by atoms with van der Waals surface area (Å²) in [5.74, 6) is 0.535. The van der Waals surface area contributed by atoms with Crippen molar-refractivity contribution in [3.05, 3.63) is 24.3 Å². The summed E-state index contributed by atoms with van der Waals surface area (Å²) in [6.07, 6.45) is 1.56. The van der Waals surface area contributed by atoms with Crippen LogP contribution in [0.4, 0.5) is 10.5 Å². The summed E-state index contributed by atoms with van der Waals surface area (Å²) >= 11 is 0. The summed E-state index contributed by atoms with van der Waals surface area (Å²) in [6.45, 7) is 7.42. The lowest BCUT2D eigenvalue weighted by Gasteiger charge is -2.38.